The minimum Gasteiger partial charge on any atom is -0.385 e. The van der Waals surface area contributed by atoms with Crippen LogP contribution in [-0.4, -0.2) is 44.3 Å². The van der Waals surface area contributed by atoms with E-state index in [1.54, 1.807) is 0 Å². The minimum atomic E-state index is 0.821. The molecule has 0 amide bonds. The summed E-state index contributed by atoms with van der Waals surface area (Å²) in [4.78, 5) is 2.24. The molecule has 0 saturated carbocycles. The van der Waals surface area contributed by atoms with Gasteiger partial charge in [-0.2, -0.15) is 0 Å². The predicted molar refractivity (Wildman–Crippen MR) is 59.5 cm³/mol. The molecular weight excluding hydrogens is 176 g/mol. The first-order valence-electron chi connectivity index (χ1n) is 4.84. The van der Waals surface area contributed by atoms with E-state index in [0.29, 0.717) is 0 Å². The summed E-state index contributed by atoms with van der Waals surface area (Å²) >= 11 is 0. The fraction of sp³-hybridized carbons (Fsp3) is 0.500. The standard InChI is InChI=1S/C10H18N4/c1-3-10(9(8-11)12-2)14-6-4-13-5-7-14/h3,8,11-13H,1,4-7H2,2H3/b10-9-,11-8?. The molecule has 0 unspecified atom stereocenters. The molecule has 1 rings (SSSR count). The largest absolute Gasteiger partial charge is 0.385 e. The zero-order chi connectivity index (χ0) is 10.4. The van der Waals surface area contributed by atoms with E-state index >= 15 is 0 Å². The lowest BCUT2D eigenvalue weighted by Crippen LogP contribution is -2.43. The van der Waals surface area contributed by atoms with Gasteiger partial charge in [-0.3, -0.25) is 0 Å². The Hall–Kier alpha value is -1.29. The van der Waals surface area contributed by atoms with Gasteiger partial charge in [-0.25, -0.2) is 0 Å². The summed E-state index contributed by atoms with van der Waals surface area (Å²) in [5.74, 6) is 0. The minimum absolute atomic E-state index is 0.821. The van der Waals surface area contributed by atoms with Crippen molar-refractivity contribution in [2.45, 2.75) is 0 Å². The Kier molecular flexibility index (Phi) is 4.19. The monoisotopic (exact) mass is 194 g/mol. The summed E-state index contributed by atoms with van der Waals surface area (Å²) in [6, 6.07) is 0. The van der Waals surface area contributed by atoms with Gasteiger partial charge in [0.15, 0.2) is 0 Å². The van der Waals surface area contributed by atoms with Crippen LogP contribution in [0.2, 0.25) is 0 Å². The van der Waals surface area contributed by atoms with Crippen molar-refractivity contribution < 1.29 is 0 Å². The molecule has 0 aromatic carbocycles. The van der Waals surface area contributed by atoms with Gasteiger partial charge in [0.25, 0.3) is 0 Å². The second-order valence-corrected chi connectivity index (χ2v) is 3.13. The zero-order valence-electron chi connectivity index (χ0n) is 8.64. The molecule has 0 radical (unpaired) electrons. The van der Waals surface area contributed by atoms with Crippen molar-refractivity contribution in [2.75, 3.05) is 33.2 Å². The van der Waals surface area contributed by atoms with Crippen molar-refractivity contribution in [3.8, 4) is 0 Å². The molecule has 0 atom stereocenters. The molecule has 14 heavy (non-hydrogen) atoms. The quantitative estimate of drug-likeness (QED) is 0.441. The number of allylic oxidation sites excluding steroid dienone is 2. The first kappa shape index (κ1) is 10.8. The third kappa shape index (κ3) is 2.35. The van der Waals surface area contributed by atoms with Gasteiger partial charge in [-0.05, 0) is 6.08 Å². The Morgan fingerprint density at radius 2 is 2.14 bits per heavy atom. The summed E-state index contributed by atoms with van der Waals surface area (Å²) in [6.45, 7) is 7.72. The third-order valence-corrected chi connectivity index (χ3v) is 2.34. The molecule has 0 aliphatic carbocycles. The molecule has 1 aliphatic rings. The number of hydrogen-bond acceptors (Lipinski definition) is 4. The molecule has 4 heteroatoms. The van der Waals surface area contributed by atoms with Gasteiger partial charge < -0.3 is 20.9 Å². The van der Waals surface area contributed by atoms with E-state index < -0.39 is 0 Å². The van der Waals surface area contributed by atoms with Gasteiger partial charge in [0, 0.05) is 39.4 Å². The van der Waals surface area contributed by atoms with Crippen LogP contribution in [0, 0.1) is 5.41 Å². The maximum atomic E-state index is 7.28. The predicted octanol–water partition coefficient (Wildman–Crippen LogP) is 0.158. The van der Waals surface area contributed by atoms with Crippen molar-refractivity contribution >= 4 is 6.21 Å². The highest BCUT2D eigenvalue weighted by molar-refractivity contribution is 5.76. The van der Waals surface area contributed by atoms with Gasteiger partial charge in [0.2, 0.25) is 0 Å². The molecule has 1 heterocycles. The summed E-state index contributed by atoms with van der Waals surface area (Å²) in [6.07, 6.45) is 3.14. The lowest BCUT2D eigenvalue weighted by Gasteiger charge is -2.31. The number of rotatable bonds is 4. The molecule has 78 valence electrons. The second kappa shape index (κ2) is 5.44. The maximum Gasteiger partial charge on any atom is 0.0753 e. The Morgan fingerprint density at radius 1 is 1.50 bits per heavy atom. The zero-order valence-corrected chi connectivity index (χ0v) is 8.64. The van der Waals surface area contributed by atoms with E-state index in [1.165, 1.54) is 6.21 Å². The van der Waals surface area contributed by atoms with Gasteiger partial charge >= 0.3 is 0 Å². The SMILES string of the molecule is C=C/C(=C(\C=N)NC)N1CCNCC1. The number of nitrogens with zero attached hydrogens (tertiary/aromatic N) is 1. The second-order valence-electron chi connectivity index (χ2n) is 3.13. The molecule has 0 spiro atoms. The molecule has 3 N–H and O–H groups in total. The van der Waals surface area contributed by atoms with Crippen LogP contribution in [0.25, 0.3) is 0 Å². The van der Waals surface area contributed by atoms with E-state index in [1.807, 2.05) is 13.1 Å². The average Bonchev–Trinajstić information content (AvgIpc) is 2.27. The Balaban J connectivity index is 2.82. The molecule has 1 aliphatic heterocycles. The van der Waals surface area contributed by atoms with Crippen molar-refractivity contribution in [3.63, 3.8) is 0 Å². The van der Waals surface area contributed by atoms with Crippen LogP contribution in [0.4, 0.5) is 0 Å². The number of nitrogens with one attached hydrogen (secondary N) is 3. The highest BCUT2D eigenvalue weighted by Crippen LogP contribution is 2.09. The fourth-order valence-corrected chi connectivity index (χ4v) is 1.59. The average molecular weight is 194 g/mol. The number of hydrogen-bond donors (Lipinski definition) is 3. The van der Waals surface area contributed by atoms with Crippen LogP contribution in [0.5, 0.6) is 0 Å². The van der Waals surface area contributed by atoms with Crippen LogP contribution in [0.3, 0.4) is 0 Å². The topological polar surface area (TPSA) is 51.2 Å². The normalized spacial score (nSPS) is 18.5. The summed E-state index contributed by atoms with van der Waals surface area (Å²) in [5, 5.41) is 13.6. The molecule has 0 aromatic rings. The number of piperazine rings is 1. The summed E-state index contributed by atoms with van der Waals surface area (Å²) in [5.41, 5.74) is 1.84. The van der Waals surface area contributed by atoms with Crippen LogP contribution >= 0.6 is 0 Å². The van der Waals surface area contributed by atoms with Crippen molar-refractivity contribution in [2.24, 2.45) is 0 Å². The van der Waals surface area contributed by atoms with E-state index in [9.17, 15) is 0 Å². The molecule has 4 nitrogen and oxygen atoms in total. The van der Waals surface area contributed by atoms with Gasteiger partial charge in [-0.15, -0.1) is 0 Å². The van der Waals surface area contributed by atoms with Crippen LogP contribution in [0.1, 0.15) is 0 Å². The van der Waals surface area contributed by atoms with Crippen molar-refractivity contribution in [3.05, 3.63) is 24.0 Å². The lowest BCUT2D eigenvalue weighted by atomic mass is 10.2. The van der Waals surface area contributed by atoms with Crippen molar-refractivity contribution in [1.82, 2.24) is 15.5 Å². The Labute approximate surface area is 85.2 Å². The molecule has 0 aromatic heterocycles. The molecular formula is C10H18N4. The fourth-order valence-electron chi connectivity index (χ4n) is 1.59. The van der Waals surface area contributed by atoms with Crippen molar-refractivity contribution in [1.29, 1.82) is 5.41 Å². The first-order chi connectivity index (χ1) is 6.83. The van der Waals surface area contributed by atoms with Gasteiger partial charge in [-0.1, -0.05) is 6.58 Å². The van der Waals surface area contributed by atoms with Crippen LogP contribution in [0.15, 0.2) is 24.0 Å². The maximum absolute atomic E-state index is 7.28. The smallest absolute Gasteiger partial charge is 0.0753 e. The first-order valence-corrected chi connectivity index (χ1v) is 4.84. The highest BCUT2D eigenvalue weighted by atomic mass is 15.2. The Bertz CT molecular complexity index is 239. The molecule has 1 saturated heterocycles. The van der Waals surface area contributed by atoms with Gasteiger partial charge in [0.05, 0.1) is 11.4 Å². The van der Waals surface area contributed by atoms with E-state index in [2.05, 4.69) is 22.1 Å². The Morgan fingerprint density at radius 3 is 2.57 bits per heavy atom. The van der Waals surface area contributed by atoms with E-state index in [-0.39, 0.29) is 0 Å². The van der Waals surface area contributed by atoms with E-state index in [0.717, 1.165) is 37.6 Å². The lowest BCUT2D eigenvalue weighted by molar-refractivity contribution is 0.305. The summed E-state index contributed by atoms with van der Waals surface area (Å²) in [7, 11) is 1.83. The molecule has 1 fully saturated rings. The molecule has 0 bridgehead atoms. The van der Waals surface area contributed by atoms with E-state index in [4.69, 9.17) is 5.41 Å². The third-order valence-electron chi connectivity index (χ3n) is 2.34. The highest BCUT2D eigenvalue weighted by Gasteiger charge is 2.13. The van der Waals surface area contributed by atoms with Crippen LogP contribution in [-0.2, 0) is 0 Å². The summed E-state index contributed by atoms with van der Waals surface area (Å²) < 4.78 is 0. The van der Waals surface area contributed by atoms with Crippen LogP contribution < -0.4 is 10.6 Å². The van der Waals surface area contributed by atoms with Gasteiger partial charge in [0.1, 0.15) is 0 Å².